The van der Waals surface area contributed by atoms with Crippen molar-refractivity contribution in [1.29, 1.82) is 0 Å². The van der Waals surface area contributed by atoms with Crippen LogP contribution in [0.2, 0.25) is 0 Å². The van der Waals surface area contributed by atoms with Crippen LogP contribution in [0.25, 0.3) is 10.9 Å². The average molecular weight is 442 g/mol. The largest absolute Gasteiger partial charge is 0.348 e. The number of pyridine rings is 1. The summed E-state index contributed by atoms with van der Waals surface area (Å²) in [5, 5.41) is 3.90. The Morgan fingerprint density at radius 3 is 2.39 bits per heavy atom. The number of fused-ring (bicyclic) bond motifs is 1. The predicted octanol–water partition coefficient (Wildman–Crippen LogP) is 5.41. The molecule has 0 saturated carbocycles. The topological polar surface area (TPSA) is 66.9 Å². The van der Waals surface area contributed by atoms with Crippen LogP contribution in [0.5, 0.6) is 0 Å². The zero-order valence-corrected chi connectivity index (χ0v) is 20.2. The van der Waals surface area contributed by atoms with E-state index in [0.29, 0.717) is 11.1 Å². The van der Waals surface area contributed by atoms with Crippen LogP contribution < -0.4 is 10.9 Å². The van der Waals surface area contributed by atoms with Crippen molar-refractivity contribution < 1.29 is 4.79 Å². The first-order valence-corrected chi connectivity index (χ1v) is 11.3. The van der Waals surface area contributed by atoms with Crippen LogP contribution in [0.15, 0.2) is 53.3 Å². The summed E-state index contributed by atoms with van der Waals surface area (Å²) in [6.45, 7) is 12.3. The van der Waals surface area contributed by atoms with Crippen molar-refractivity contribution in [2.45, 2.75) is 54.1 Å². The summed E-state index contributed by atoms with van der Waals surface area (Å²) in [5.74, 6) is -0.172. The quantitative estimate of drug-likeness (QED) is 0.435. The zero-order valence-electron chi connectivity index (χ0n) is 20.2. The van der Waals surface area contributed by atoms with Crippen molar-refractivity contribution in [3.05, 3.63) is 104 Å². The standard InChI is InChI=1S/C28H31N3O2/c1-16-11-12-22(14-17(16)2)20(5)31-21(6)26(23-9-7-8-10-25(23)31)28(33)29-15-24-18(3)13-19(4)30-27(24)32/h7-14,20H,15H2,1-6H3,(H,29,33)(H,30,32). The van der Waals surface area contributed by atoms with Crippen molar-refractivity contribution in [2.24, 2.45) is 0 Å². The Bertz CT molecular complexity index is 1430. The highest BCUT2D eigenvalue weighted by molar-refractivity contribution is 6.08. The van der Waals surface area contributed by atoms with Gasteiger partial charge in [-0.2, -0.15) is 0 Å². The number of carbonyl (C=O) groups is 1. The molecule has 1 atom stereocenters. The van der Waals surface area contributed by atoms with E-state index in [-0.39, 0.29) is 24.1 Å². The number of para-hydroxylation sites is 1. The number of aryl methyl sites for hydroxylation is 4. The van der Waals surface area contributed by atoms with Gasteiger partial charge in [0.05, 0.1) is 11.6 Å². The molecule has 2 N–H and O–H groups in total. The van der Waals surface area contributed by atoms with Crippen molar-refractivity contribution in [1.82, 2.24) is 14.9 Å². The van der Waals surface area contributed by atoms with Crippen LogP contribution in [0, 0.1) is 34.6 Å². The number of rotatable bonds is 5. The predicted molar refractivity (Wildman–Crippen MR) is 134 cm³/mol. The van der Waals surface area contributed by atoms with Gasteiger partial charge in [0.25, 0.3) is 11.5 Å². The summed E-state index contributed by atoms with van der Waals surface area (Å²) in [6, 6.07) is 16.5. The molecule has 0 aliphatic rings. The van der Waals surface area contributed by atoms with E-state index in [9.17, 15) is 9.59 Å². The molecule has 2 heterocycles. The van der Waals surface area contributed by atoms with Gasteiger partial charge in [-0.25, -0.2) is 0 Å². The maximum Gasteiger partial charge on any atom is 0.254 e. The van der Waals surface area contributed by atoms with E-state index in [2.05, 4.69) is 59.9 Å². The second-order valence-corrected chi connectivity index (χ2v) is 8.99. The number of amides is 1. The SMILES string of the molecule is Cc1cc(C)c(CNC(=O)c2c(C)n(C(C)c3ccc(C)c(C)c3)c3ccccc23)c(=O)[nH]1. The van der Waals surface area contributed by atoms with Crippen molar-refractivity contribution >= 4 is 16.8 Å². The molecule has 4 rings (SSSR count). The van der Waals surface area contributed by atoms with E-state index in [4.69, 9.17) is 0 Å². The van der Waals surface area contributed by atoms with Crippen LogP contribution in [-0.4, -0.2) is 15.5 Å². The molecule has 0 bridgehead atoms. The van der Waals surface area contributed by atoms with Gasteiger partial charge >= 0.3 is 0 Å². The fraction of sp³-hybridized carbons (Fsp3) is 0.286. The third-order valence-electron chi connectivity index (χ3n) is 6.70. The number of nitrogens with zero attached hydrogens (tertiary/aromatic N) is 1. The lowest BCUT2D eigenvalue weighted by atomic mass is 10.0. The number of aromatic nitrogens is 2. The highest BCUT2D eigenvalue weighted by Crippen LogP contribution is 2.32. The molecule has 170 valence electrons. The maximum absolute atomic E-state index is 13.4. The molecule has 4 aromatic rings. The smallest absolute Gasteiger partial charge is 0.254 e. The fourth-order valence-corrected chi connectivity index (χ4v) is 4.71. The molecular formula is C28H31N3O2. The normalized spacial score (nSPS) is 12.2. The Morgan fingerprint density at radius 1 is 0.970 bits per heavy atom. The average Bonchev–Trinajstić information content (AvgIpc) is 3.06. The van der Waals surface area contributed by atoms with E-state index in [0.717, 1.165) is 27.9 Å². The van der Waals surface area contributed by atoms with Crippen molar-refractivity contribution in [2.75, 3.05) is 0 Å². The molecule has 0 aliphatic carbocycles. The first-order chi connectivity index (χ1) is 15.7. The number of nitrogens with one attached hydrogen (secondary N) is 2. The first-order valence-electron chi connectivity index (χ1n) is 11.3. The highest BCUT2D eigenvalue weighted by Gasteiger charge is 2.23. The van der Waals surface area contributed by atoms with Gasteiger partial charge in [0, 0.05) is 34.4 Å². The van der Waals surface area contributed by atoms with Gasteiger partial charge in [-0.3, -0.25) is 9.59 Å². The van der Waals surface area contributed by atoms with Gasteiger partial charge in [0.2, 0.25) is 0 Å². The third kappa shape index (κ3) is 4.11. The van der Waals surface area contributed by atoms with Crippen LogP contribution in [0.4, 0.5) is 0 Å². The molecular weight excluding hydrogens is 410 g/mol. The Labute approximate surface area is 194 Å². The van der Waals surface area contributed by atoms with Crippen LogP contribution >= 0.6 is 0 Å². The molecule has 5 nitrogen and oxygen atoms in total. The maximum atomic E-state index is 13.4. The van der Waals surface area contributed by atoms with Gasteiger partial charge in [0.1, 0.15) is 0 Å². The number of aromatic amines is 1. The highest BCUT2D eigenvalue weighted by atomic mass is 16.2. The van der Waals surface area contributed by atoms with E-state index in [1.807, 2.05) is 45.0 Å². The molecule has 0 spiro atoms. The summed E-state index contributed by atoms with van der Waals surface area (Å²) in [4.78, 5) is 28.6. The molecule has 33 heavy (non-hydrogen) atoms. The number of H-pyrrole nitrogens is 1. The summed E-state index contributed by atoms with van der Waals surface area (Å²) < 4.78 is 2.23. The zero-order chi connectivity index (χ0) is 23.9. The Kier molecular flexibility index (Phi) is 5.98. The van der Waals surface area contributed by atoms with E-state index in [1.54, 1.807) is 0 Å². The molecule has 2 aromatic heterocycles. The molecule has 0 radical (unpaired) electrons. The number of benzene rings is 2. The van der Waals surface area contributed by atoms with E-state index < -0.39 is 0 Å². The van der Waals surface area contributed by atoms with Gasteiger partial charge in [-0.15, -0.1) is 0 Å². The lowest BCUT2D eigenvalue weighted by Crippen LogP contribution is -2.28. The van der Waals surface area contributed by atoms with Crippen LogP contribution in [0.3, 0.4) is 0 Å². The lowest BCUT2D eigenvalue weighted by molar-refractivity contribution is 0.0951. The molecule has 0 fully saturated rings. The first kappa shape index (κ1) is 22.6. The van der Waals surface area contributed by atoms with Gasteiger partial charge in [-0.05, 0) is 75.9 Å². The molecule has 1 amide bonds. The second-order valence-electron chi connectivity index (χ2n) is 8.99. The van der Waals surface area contributed by atoms with Crippen molar-refractivity contribution in [3.8, 4) is 0 Å². The summed E-state index contributed by atoms with van der Waals surface area (Å²) in [5.41, 5.74) is 8.43. The second kappa shape index (κ2) is 8.74. The van der Waals surface area contributed by atoms with Gasteiger partial charge in [-0.1, -0.05) is 36.4 Å². The van der Waals surface area contributed by atoms with E-state index in [1.165, 1.54) is 16.7 Å². The Hall–Kier alpha value is -3.60. The summed E-state index contributed by atoms with van der Waals surface area (Å²) in [7, 11) is 0. The molecule has 1 unspecified atom stereocenters. The molecule has 5 heteroatoms. The number of carbonyl (C=O) groups excluding carboxylic acids is 1. The van der Waals surface area contributed by atoms with Gasteiger partial charge < -0.3 is 14.9 Å². The van der Waals surface area contributed by atoms with Crippen LogP contribution in [0.1, 0.15) is 62.5 Å². The molecule has 0 aliphatic heterocycles. The number of hydrogen-bond acceptors (Lipinski definition) is 2. The van der Waals surface area contributed by atoms with Crippen LogP contribution in [-0.2, 0) is 6.54 Å². The third-order valence-corrected chi connectivity index (χ3v) is 6.70. The fourth-order valence-electron chi connectivity index (χ4n) is 4.71. The number of hydrogen-bond donors (Lipinski definition) is 2. The minimum Gasteiger partial charge on any atom is -0.348 e. The minimum absolute atomic E-state index is 0.0675. The Balaban J connectivity index is 1.73. The molecule has 2 aromatic carbocycles. The summed E-state index contributed by atoms with van der Waals surface area (Å²) in [6.07, 6.45) is 0. The van der Waals surface area contributed by atoms with Crippen molar-refractivity contribution in [3.63, 3.8) is 0 Å². The van der Waals surface area contributed by atoms with Gasteiger partial charge in [0.15, 0.2) is 0 Å². The molecule has 0 saturated heterocycles. The van der Waals surface area contributed by atoms with E-state index >= 15 is 0 Å². The minimum atomic E-state index is -0.172. The monoisotopic (exact) mass is 441 g/mol. The Morgan fingerprint density at radius 2 is 1.70 bits per heavy atom. The summed E-state index contributed by atoms with van der Waals surface area (Å²) >= 11 is 0. The lowest BCUT2D eigenvalue weighted by Gasteiger charge is -2.19.